The highest BCUT2D eigenvalue weighted by molar-refractivity contribution is 7.84. The van der Waals surface area contributed by atoms with Crippen molar-refractivity contribution in [3.63, 3.8) is 0 Å². The molecule has 1 unspecified atom stereocenters. The lowest BCUT2D eigenvalue weighted by molar-refractivity contribution is -0.116. The van der Waals surface area contributed by atoms with Crippen molar-refractivity contribution in [2.75, 3.05) is 5.75 Å². The largest absolute Gasteiger partial charge is 0.441 e. The second-order valence-electron chi connectivity index (χ2n) is 7.05. The third-order valence-electron chi connectivity index (χ3n) is 4.79. The van der Waals surface area contributed by atoms with Gasteiger partial charge in [0.1, 0.15) is 11.5 Å². The van der Waals surface area contributed by atoms with Crippen LogP contribution in [0.1, 0.15) is 42.3 Å². The summed E-state index contributed by atoms with van der Waals surface area (Å²) in [4.78, 5) is 20.6. The lowest BCUT2D eigenvalue weighted by Gasteiger charge is -2.02. The van der Waals surface area contributed by atoms with Crippen molar-refractivity contribution in [1.29, 1.82) is 0 Å². The van der Waals surface area contributed by atoms with E-state index in [0.717, 1.165) is 30.4 Å². The van der Waals surface area contributed by atoms with E-state index in [-0.39, 0.29) is 17.3 Å². The Kier molecular flexibility index (Phi) is 7.47. The Labute approximate surface area is 174 Å². The van der Waals surface area contributed by atoms with E-state index >= 15 is 0 Å². The van der Waals surface area contributed by atoms with Gasteiger partial charge in [0.2, 0.25) is 5.89 Å². The van der Waals surface area contributed by atoms with E-state index in [1.165, 1.54) is 5.56 Å². The van der Waals surface area contributed by atoms with Crippen LogP contribution in [0.2, 0.25) is 0 Å². The number of pyridine rings is 1. The predicted molar refractivity (Wildman–Crippen MR) is 115 cm³/mol. The number of aryl methyl sites for hydroxylation is 3. The fourth-order valence-electron chi connectivity index (χ4n) is 3.06. The molecule has 0 amide bonds. The number of carbonyl (C=O) groups is 1. The maximum atomic E-state index is 12.4. The highest BCUT2D eigenvalue weighted by Gasteiger charge is 2.16. The number of hydrogen-bond acceptors (Lipinski definition) is 5. The first-order chi connectivity index (χ1) is 14.0. The Morgan fingerprint density at radius 3 is 2.48 bits per heavy atom. The molecular weight excluding hydrogens is 384 g/mol. The first kappa shape index (κ1) is 21.1. The molecular formula is C23H26N2O3S. The number of oxazole rings is 1. The molecule has 0 bridgehead atoms. The van der Waals surface area contributed by atoms with Crippen molar-refractivity contribution >= 4 is 16.6 Å². The van der Waals surface area contributed by atoms with Gasteiger partial charge >= 0.3 is 0 Å². The minimum Gasteiger partial charge on any atom is -0.441 e. The molecule has 29 heavy (non-hydrogen) atoms. The summed E-state index contributed by atoms with van der Waals surface area (Å²) in [5, 5.41) is 0. The van der Waals surface area contributed by atoms with Crippen LogP contribution in [0.5, 0.6) is 0 Å². The molecule has 0 aliphatic rings. The van der Waals surface area contributed by atoms with E-state index in [4.69, 9.17) is 4.42 Å². The van der Waals surface area contributed by atoms with Crippen LogP contribution in [0.15, 0.2) is 53.2 Å². The van der Waals surface area contributed by atoms with Crippen LogP contribution in [0.4, 0.5) is 0 Å². The summed E-state index contributed by atoms with van der Waals surface area (Å²) >= 11 is 0. The van der Waals surface area contributed by atoms with E-state index < -0.39 is 10.8 Å². The van der Waals surface area contributed by atoms with Crippen molar-refractivity contribution < 1.29 is 13.4 Å². The van der Waals surface area contributed by atoms with Crippen molar-refractivity contribution in [1.82, 2.24) is 9.97 Å². The van der Waals surface area contributed by atoms with Crippen LogP contribution in [-0.2, 0) is 34.2 Å². The van der Waals surface area contributed by atoms with E-state index in [2.05, 4.69) is 29.0 Å². The summed E-state index contributed by atoms with van der Waals surface area (Å²) in [6.07, 6.45) is 6.48. The van der Waals surface area contributed by atoms with Crippen LogP contribution < -0.4 is 0 Å². The molecule has 1 aromatic carbocycles. The van der Waals surface area contributed by atoms with Crippen LogP contribution in [-0.4, -0.2) is 25.7 Å². The molecule has 2 heterocycles. The number of aromatic nitrogens is 2. The van der Waals surface area contributed by atoms with Crippen molar-refractivity contribution in [2.24, 2.45) is 0 Å². The minimum absolute atomic E-state index is 0.0221. The molecule has 152 valence electrons. The first-order valence-electron chi connectivity index (χ1n) is 9.86. The highest BCUT2D eigenvalue weighted by atomic mass is 32.2. The number of ketones is 1. The van der Waals surface area contributed by atoms with E-state index in [1.54, 1.807) is 12.4 Å². The van der Waals surface area contributed by atoms with Gasteiger partial charge in [-0.25, -0.2) is 4.98 Å². The van der Waals surface area contributed by atoms with Gasteiger partial charge in [-0.05, 0) is 61.6 Å². The molecule has 1 atom stereocenters. The molecule has 3 rings (SSSR count). The average molecular weight is 411 g/mol. The lowest BCUT2D eigenvalue weighted by Crippen LogP contribution is -2.12. The third kappa shape index (κ3) is 6.19. The Balaban J connectivity index is 1.50. The molecule has 0 radical (unpaired) electrons. The van der Waals surface area contributed by atoms with Gasteiger partial charge in [0.05, 0.1) is 17.2 Å². The number of Topliss-reactive ketones (excluding diaryl/α,β-unsaturated/α-hetero) is 1. The van der Waals surface area contributed by atoms with E-state index in [0.29, 0.717) is 23.8 Å². The minimum atomic E-state index is -1.29. The maximum Gasteiger partial charge on any atom is 0.226 e. The molecule has 0 aliphatic carbocycles. The number of rotatable bonds is 10. The van der Waals surface area contributed by atoms with Gasteiger partial charge in [-0.1, -0.05) is 19.1 Å². The van der Waals surface area contributed by atoms with Crippen molar-refractivity contribution in [3.05, 3.63) is 71.4 Å². The Bertz CT molecular complexity index is 966. The Hall–Kier alpha value is -2.60. The average Bonchev–Trinajstić information content (AvgIpc) is 3.09. The van der Waals surface area contributed by atoms with Crippen LogP contribution in [0.3, 0.4) is 0 Å². The molecule has 5 nitrogen and oxygen atoms in total. The molecule has 0 saturated carbocycles. The Morgan fingerprint density at radius 2 is 1.79 bits per heavy atom. The highest BCUT2D eigenvalue weighted by Crippen LogP contribution is 2.23. The zero-order valence-electron chi connectivity index (χ0n) is 16.9. The van der Waals surface area contributed by atoms with Crippen LogP contribution >= 0.6 is 0 Å². The zero-order chi connectivity index (χ0) is 20.6. The van der Waals surface area contributed by atoms with E-state index in [9.17, 15) is 9.00 Å². The van der Waals surface area contributed by atoms with Gasteiger partial charge < -0.3 is 4.42 Å². The summed E-state index contributed by atoms with van der Waals surface area (Å²) < 4.78 is 18.2. The summed E-state index contributed by atoms with van der Waals surface area (Å²) in [5.74, 6) is 1.49. The number of hydrogen-bond donors (Lipinski definition) is 0. The van der Waals surface area contributed by atoms with Crippen LogP contribution in [0.25, 0.3) is 11.5 Å². The molecule has 0 spiro atoms. The third-order valence-corrected chi connectivity index (χ3v) is 6.03. The second-order valence-corrected chi connectivity index (χ2v) is 8.51. The summed E-state index contributed by atoms with van der Waals surface area (Å²) in [7, 11) is -1.29. The summed E-state index contributed by atoms with van der Waals surface area (Å²) in [6, 6.07) is 12.0. The second kappa shape index (κ2) is 10.3. The smallest absolute Gasteiger partial charge is 0.226 e. The molecule has 3 aromatic rings. The molecule has 2 aromatic heterocycles. The fourth-order valence-corrected chi connectivity index (χ4v) is 4.24. The quantitative estimate of drug-likeness (QED) is 0.494. The monoisotopic (exact) mass is 410 g/mol. The lowest BCUT2D eigenvalue weighted by atomic mass is 10.1. The van der Waals surface area contributed by atoms with Gasteiger partial charge in [-0.15, -0.1) is 0 Å². The molecule has 6 heteroatoms. The van der Waals surface area contributed by atoms with Crippen molar-refractivity contribution in [2.45, 2.75) is 45.3 Å². The molecule has 0 fully saturated rings. The van der Waals surface area contributed by atoms with Gasteiger partial charge in [0, 0.05) is 35.2 Å². The summed E-state index contributed by atoms with van der Waals surface area (Å²) in [6.45, 7) is 3.93. The standard InChI is InChI=1S/C23H26N2O3S/c1-3-18-7-9-20(10-8-18)23-25-22(17(2)28-23)16-29(27)15-21(26)6-4-5-19-11-13-24-14-12-19/h7-14H,3-6,15-16H2,1-2H3. The number of benzene rings is 1. The maximum absolute atomic E-state index is 12.4. The zero-order valence-corrected chi connectivity index (χ0v) is 17.7. The molecule has 0 saturated heterocycles. The molecule has 0 N–H and O–H groups in total. The van der Waals surface area contributed by atoms with Crippen molar-refractivity contribution in [3.8, 4) is 11.5 Å². The fraction of sp³-hybridized carbons (Fsp3) is 0.348. The summed E-state index contributed by atoms with van der Waals surface area (Å²) in [5.41, 5.74) is 3.96. The topological polar surface area (TPSA) is 73.1 Å². The molecule has 0 aliphatic heterocycles. The first-order valence-corrected chi connectivity index (χ1v) is 11.3. The van der Waals surface area contributed by atoms with Gasteiger partial charge in [-0.2, -0.15) is 0 Å². The number of nitrogens with zero attached hydrogens (tertiary/aromatic N) is 2. The van der Waals surface area contributed by atoms with Gasteiger partial charge in [0.15, 0.2) is 0 Å². The SMILES string of the molecule is CCc1ccc(-c2nc(CS(=O)CC(=O)CCCc3ccncc3)c(C)o2)cc1. The van der Waals surface area contributed by atoms with Gasteiger partial charge in [0.25, 0.3) is 0 Å². The predicted octanol–water partition coefficient (Wildman–Crippen LogP) is 4.45. The Morgan fingerprint density at radius 1 is 1.07 bits per heavy atom. The van der Waals surface area contributed by atoms with Gasteiger partial charge in [-0.3, -0.25) is 14.0 Å². The van der Waals surface area contributed by atoms with Crippen LogP contribution in [0, 0.1) is 6.92 Å². The normalized spacial score (nSPS) is 12.1. The number of carbonyl (C=O) groups excluding carboxylic acids is 1. The van der Waals surface area contributed by atoms with E-state index in [1.807, 2.05) is 31.2 Å².